The molecule has 0 unspecified atom stereocenters. The van der Waals surface area contributed by atoms with E-state index in [0.29, 0.717) is 6.61 Å². The van der Waals surface area contributed by atoms with Crippen molar-refractivity contribution < 1.29 is 4.74 Å². The van der Waals surface area contributed by atoms with E-state index in [9.17, 15) is 0 Å². The molecule has 1 aromatic carbocycles. The SMILES string of the molecule is CCCCC[C@H]1CC[C@H](C=CC#Cc2ccc(OCC)cc2)CC1. The van der Waals surface area contributed by atoms with E-state index in [-0.39, 0.29) is 0 Å². The Kier molecular flexibility index (Phi) is 8.53. The van der Waals surface area contributed by atoms with Gasteiger partial charge in [-0.25, -0.2) is 0 Å². The van der Waals surface area contributed by atoms with E-state index in [1.165, 1.54) is 51.4 Å². The molecular formula is C23H32O. The van der Waals surface area contributed by atoms with Crippen LogP contribution >= 0.6 is 0 Å². The van der Waals surface area contributed by atoms with Crippen LogP contribution in [-0.4, -0.2) is 6.61 Å². The van der Waals surface area contributed by atoms with Gasteiger partial charge in [0.15, 0.2) is 0 Å². The summed E-state index contributed by atoms with van der Waals surface area (Å²) >= 11 is 0. The van der Waals surface area contributed by atoms with E-state index >= 15 is 0 Å². The minimum atomic E-state index is 0.703. The molecule has 1 fully saturated rings. The second-order valence-corrected chi connectivity index (χ2v) is 6.86. The van der Waals surface area contributed by atoms with Crippen LogP contribution in [0.25, 0.3) is 0 Å². The molecule has 0 N–H and O–H groups in total. The van der Waals surface area contributed by atoms with E-state index in [1.807, 2.05) is 31.2 Å². The quantitative estimate of drug-likeness (QED) is 0.417. The summed E-state index contributed by atoms with van der Waals surface area (Å²) in [4.78, 5) is 0. The van der Waals surface area contributed by atoms with Crippen LogP contribution in [0, 0.1) is 23.7 Å². The monoisotopic (exact) mass is 324 g/mol. The molecule has 1 aromatic rings. The van der Waals surface area contributed by atoms with Crippen molar-refractivity contribution in [2.75, 3.05) is 6.61 Å². The Morgan fingerprint density at radius 2 is 1.79 bits per heavy atom. The Hall–Kier alpha value is -1.68. The predicted octanol–water partition coefficient (Wildman–Crippen LogP) is 6.38. The highest BCUT2D eigenvalue weighted by Gasteiger charge is 2.18. The predicted molar refractivity (Wildman–Crippen MR) is 103 cm³/mol. The second kappa shape index (κ2) is 11.0. The molecule has 1 aliphatic carbocycles. The van der Waals surface area contributed by atoms with Gasteiger partial charge in [0.1, 0.15) is 5.75 Å². The van der Waals surface area contributed by atoms with E-state index < -0.39 is 0 Å². The fraction of sp³-hybridized carbons (Fsp3) is 0.565. The van der Waals surface area contributed by atoms with Gasteiger partial charge in [0.25, 0.3) is 0 Å². The molecule has 130 valence electrons. The van der Waals surface area contributed by atoms with Crippen LogP contribution in [0.5, 0.6) is 5.75 Å². The molecule has 0 aliphatic heterocycles. The molecule has 24 heavy (non-hydrogen) atoms. The first-order valence-corrected chi connectivity index (χ1v) is 9.72. The molecule has 0 saturated heterocycles. The zero-order chi connectivity index (χ0) is 17.0. The minimum Gasteiger partial charge on any atom is -0.494 e. The fourth-order valence-electron chi connectivity index (χ4n) is 3.46. The lowest BCUT2D eigenvalue weighted by Gasteiger charge is -2.26. The van der Waals surface area contributed by atoms with Crippen LogP contribution in [0.1, 0.15) is 70.8 Å². The minimum absolute atomic E-state index is 0.703. The molecule has 2 rings (SSSR count). The molecule has 1 nitrogen and oxygen atoms in total. The van der Waals surface area contributed by atoms with Gasteiger partial charge < -0.3 is 4.74 Å². The molecule has 0 bridgehead atoms. The van der Waals surface area contributed by atoms with Crippen molar-refractivity contribution in [3.8, 4) is 17.6 Å². The molecule has 0 radical (unpaired) electrons. The zero-order valence-corrected chi connectivity index (χ0v) is 15.4. The molecule has 1 heteroatoms. The van der Waals surface area contributed by atoms with E-state index in [1.54, 1.807) is 0 Å². The van der Waals surface area contributed by atoms with Crippen LogP contribution in [0.3, 0.4) is 0 Å². The maximum Gasteiger partial charge on any atom is 0.119 e. The largest absolute Gasteiger partial charge is 0.494 e. The maximum absolute atomic E-state index is 5.44. The van der Waals surface area contributed by atoms with Crippen LogP contribution < -0.4 is 4.74 Å². The van der Waals surface area contributed by atoms with Crippen LogP contribution in [-0.2, 0) is 0 Å². The highest BCUT2D eigenvalue weighted by molar-refractivity contribution is 5.40. The third-order valence-corrected chi connectivity index (χ3v) is 4.94. The molecule has 0 heterocycles. The van der Waals surface area contributed by atoms with Gasteiger partial charge in [-0.05, 0) is 74.8 Å². The van der Waals surface area contributed by atoms with Crippen molar-refractivity contribution in [1.29, 1.82) is 0 Å². The molecule has 0 amide bonds. The number of hydrogen-bond acceptors (Lipinski definition) is 1. The number of allylic oxidation sites excluding steroid dienone is 2. The molecule has 1 saturated carbocycles. The van der Waals surface area contributed by atoms with Gasteiger partial charge >= 0.3 is 0 Å². The smallest absolute Gasteiger partial charge is 0.119 e. The summed E-state index contributed by atoms with van der Waals surface area (Å²) < 4.78 is 5.44. The van der Waals surface area contributed by atoms with E-state index in [0.717, 1.165) is 23.1 Å². The average molecular weight is 325 g/mol. The van der Waals surface area contributed by atoms with Gasteiger partial charge in [-0.1, -0.05) is 50.5 Å². The number of hydrogen-bond donors (Lipinski definition) is 0. The summed E-state index contributed by atoms with van der Waals surface area (Å²) in [5, 5.41) is 0. The fourth-order valence-corrected chi connectivity index (χ4v) is 3.46. The summed E-state index contributed by atoms with van der Waals surface area (Å²) in [7, 11) is 0. The summed E-state index contributed by atoms with van der Waals surface area (Å²) in [5.74, 6) is 9.02. The lowest BCUT2D eigenvalue weighted by atomic mass is 9.79. The maximum atomic E-state index is 5.44. The number of rotatable bonds is 7. The first-order valence-electron chi connectivity index (χ1n) is 9.72. The molecule has 1 aliphatic rings. The summed E-state index contributed by atoms with van der Waals surface area (Å²) in [6.45, 7) is 4.99. The Bertz CT molecular complexity index is 536. The molecule has 0 aromatic heterocycles. The van der Waals surface area contributed by atoms with E-state index in [4.69, 9.17) is 4.74 Å². The van der Waals surface area contributed by atoms with Gasteiger partial charge in [0.2, 0.25) is 0 Å². The first-order chi connectivity index (χ1) is 11.8. The molecule has 0 spiro atoms. The Morgan fingerprint density at radius 3 is 2.46 bits per heavy atom. The van der Waals surface area contributed by atoms with Crippen molar-refractivity contribution in [2.24, 2.45) is 11.8 Å². The summed E-state index contributed by atoms with van der Waals surface area (Å²) in [5.41, 5.74) is 1.04. The van der Waals surface area contributed by atoms with Gasteiger partial charge in [0.05, 0.1) is 6.61 Å². The molecule has 0 atom stereocenters. The number of ether oxygens (including phenoxy) is 1. The van der Waals surface area contributed by atoms with E-state index in [2.05, 4.69) is 30.9 Å². The lowest BCUT2D eigenvalue weighted by Crippen LogP contribution is -2.12. The van der Waals surface area contributed by atoms with Crippen molar-refractivity contribution in [1.82, 2.24) is 0 Å². The zero-order valence-electron chi connectivity index (χ0n) is 15.4. The Labute approximate surface area is 148 Å². The normalized spacial score (nSPS) is 20.6. The third kappa shape index (κ3) is 6.83. The van der Waals surface area contributed by atoms with Crippen LogP contribution in [0.2, 0.25) is 0 Å². The van der Waals surface area contributed by atoms with Gasteiger partial charge in [-0.15, -0.1) is 0 Å². The first kappa shape index (κ1) is 18.7. The van der Waals surface area contributed by atoms with Gasteiger partial charge in [-0.2, -0.15) is 0 Å². The average Bonchev–Trinajstić information content (AvgIpc) is 2.62. The van der Waals surface area contributed by atoms with Crippen LogP contribution in [0.15, 0.2) is 36.4 Å². The van der Waals surface area contributed by atoms with Crippen molar-refractivity contribution >= 4 is 0 Å². The molecular weight excluding hydrogens is 292 g/mol. The van der Waals surface area contributed by atoms with Crippen molar-refractivity contribution in [3.05, 3.63) is 42.0 Å². The standard InChI is InChI=1S/C23H32O/c1-3-5-6-9-20-12-14-21(15-13-20)10-7-8-11-22-16-18-23(19-17-22)24-4-2/h7,10,16-21H,3-6,9,12-15H2,1-2H3/t20-,21-. The van der Waals surface area contributed by atoms with Crippen LogP contribution in [0.4, 0.5) is 0 Å². The number of unbranched alkanes of at least 4 members (excludes halogenated alkanes) is 2. The topological polar surface area (TPSA) is 9.23 Å². The Balaban J connectivity index is 1.71. The highest BCUT2D eigenvalue weighted by Crippen LogP contribution is 2.32. The summed E-state index contributed by atoms with van der Waals surface area (Å²) in [6.07, 6.45) is 15.5. The number of benzene rings is 1. The van der Waals surface area contributed by atoms with Gasteiger partial charge in [0, 0.05) is 5.56 Å². The third-order valence-electron chi connectivity index (χ3n) is 4.94. The Morgan fingerprint density at radius 1 is 1.04 bits per heavy atom. The van der Waals surface area contributed by atoms with Crippen molar-refractivity contribution in [2.45, 2.75) is 65.2 Å². The lowest BCUT2D eigenvalue weighted by molar-refractivity contribution is 0.289. The van der Waals surface area contributed by atoms with Gasteiger partial charge in [-0.3, -0.25) is 0 Å². The highest BCUT2D eigenvalue weighted by atomic mass is 16.5. The van der Waals surface area contributed by atoms with Crippen molar-refractivity contribution in [3.63, 3.8) is 0 Å². The summed E-state index contributed by atoms with van der Waals surface area (Å²) in [6, 6.07) is 8.01. The second-order valence-electron chi connectivity index (χ2n) is 6.86.